The van der Waals surface area contributed by atoms with Crippen molar-refractivity contribution in [2.75, 3.05) is 16.4 Å². The minimum Gasteiger partial charge on any atom is -0.399 e. The van der Waals surface area contributed by atoms with Crippen LogP contribution in [0.2, 0.25) is 0 Å². The van der Waals surface area contributed by atoms with Crippen LogP contribution in [0.5, 0.6) is 0 Å². The van der Waals surface area contributed by atoms with Crippen LogP contribution in [-0.4, -0.2) is 5.91 Å². The Hall–Kier alpha value is -2.75. The van der Waals surface area contributed by atoms with Crippen molar-refractivity contribution in [3.63, 3.8) is 0 Å². The van der Waals surface area contributed by atoms with Crippen LogP contribution in [-0.2, 0) is 4.79 Å². The zero-order valence-corrected chi connectivity index (χ0v) is 10.2. The molecule has 1 amide bonds. The molecule has 0 saturated heterocycles. The summed E-state index contributed by atoms with van der Waals surface area (Å²) in [7, 11) is 0. The van der Waals surface area contributed by atoms with E-state index in [0.717, 1.165) is 16.9 Å². The number of hydrogen-bond donors (Lipinski definition) is 3. The van der Waals surface area contributed by atoms with Crippen LogP contribution in [0.4, 0.5) is 17.1 Å². The molecule has 0 fully saturated rings. The van der Waals surface area contributed by atoms with Gasteiger partial charge in [0, 0.05) is 28.8 Å². The predicted octanol–water partition coefficient (Wildman–Crippen LogP) is 2.67. The topological polar surface area (TPSA) is 67.1 Å². The fourth-order valence-electron chi connectivity index (χ4n) is 2.02. The first-order valence-corrected chi connectivity index (χ1v) is 5.97. The highest BCUT2D eigenvalue weighted by atomic mass is 16.2. The number of amides is 1. The van der Waals surface area contributed by atoms with Gasteiger partial charge in [-0.1, -0.05) is 18.2 Å². The molecule has 94 valence electrons. The van der Waals surface area contributed by atoms with Crippen LogP contribution in [0.3, 0.4) is 0 Å². The Morgan fingerprint density at radius 2 is 1.79 bits per heavy atom. The lowest BCUT2D eigenvalue weighted by Gasteiger charge is -2.02. The highest BCUT2D eigenvalue weighted by Crippen LogP contribution is 2.31. The van der Waals surface area contributed by atoms with E-state index in [4.69, 9.17) is 5.73 Å². The molecule has 3 rings (SSSR count). The van der Waals surface area contributed by atoms with Crippen molar-refractivity contribution in [1.29, 1.82) is 0 Å². The van der Waals surface area contributed by atoms with Gasteiger partial charge in [0.25, 0.3) is 5.91 Å². The van der Waals surface area contributed by atoms with E-state index < -0.39 is 0 Å². The average Bonchev–Trinajstić information content (AvgIpc) is 2.74. The Balaban J connectivity index is 1.88. The van der Waals surface area contributed by atoms with Gasteiger partial charge in [-0.25, -0.2) is 0 Å². The molecule has 1 aliphatic rings. The molecule has 4 nitrogen and oxygen atoms in total. The van der Waals surface area contributed by atoms with Crippen molar-refractivity contribution in [3.8, 4) is 0 Å². The summed E-state index contributed by atoms with van der Waals surface area (Å²) in [5.74, 6) is -0.0934. The maximum absolute atomic E-state index is 11.9. The number of nitrogens with two attached hydrogens (primary N) is 1. The van der Waals surface area contributed by atoms with Crippen LogP contribution in [0, 0.1) is 0 Å². The van der Waals surface area contributed by atoms with Gasteiger partial charge in [0.05, 0.1) is 5.57 Å². The molecule has 0 radical (unpaired) electrons. The summed E-state index contributed by atoms with van der Waals surface area (Å²) >= 11 is 0. The lowest BCUT2D eigenvalue weighted by Crippen LogP contribution is -2.05. The Morgan fingerprint density at radius 3 is 2.58 bits per heavy atom. The highest BCUT2D eigenvalue weighted by Gasteiger charge is 2.23. The van der Waals surface area contributed by atoms with Crippen LogP contribution >= 0.6 is 0 Å². The van der Waals surface area contributed by atoms with Gasteiger partial charge in [-0.3, -0.25) is 4.79 Å². The quantitative estimate of drug-likeness (QED) is 0.568. The van der Waals surface area contributed by atoms with Gasteiger partial charge in [0.2, 0.25) is 0 Å². The van der Waals surface area contributed by atoms with Crippen molar-refractivity contribution in [3.05, 3.63) is 60.3 Å². The SMILES string of the molecule is Nc1ccc(N/C=C2/C(=O)Nc3ccccc32)cc1. The molecule has 4 N–H and O–H groups in total. The second-order valence-corrected chi connectivity index (χ2v) is 4.32. The standard InChI is InChI=1S/C15H13N3O/c16-10-5-7-11(8-6-10)17-9-13-12-3-1-2-4-14(12)18-15(13)19/h1-9,17H,16H2,(H,18,19)/b13-9+. The van der Waals surface area contributed by atoms with Crippen LogP contribution in [0.1, 0.15) is 5.56 Å². The first kappa shape index (κ1) is 11.3. The van der Waals surface area contributed by atoms with Crippen molar-refractivity contribution >= 4 is 28.5 Å². The summed E-state index contributed by atoms with van der Waals surface area (Å²) in [6.07, 6.45) is 1.71. The van der Waals surface area contributed by atoms with Gasteiger partial charge >= 0.3 is 0 Å². The van der Waals surface area contributed by atoms with Crippen molar-refractivity contribution < 1.29 is 4.79 Å². The van der Waals surface area contributed by atoms with Crippen molar-refractivity contribution in [1.82, 2.24) is 0 Å². The number of para-hydroxylation sites is 1. The van der Waals surface area contributed by atoms with Gasteiger partial charge in [-0.2, -0.15) is 0 Å². The molecule has 0 spiro atoms. The molecule has 1 heterocycles. The number of rotatable bonds is 2. The molecule has 19 heavy (non-hydrogen) atoms. The Bertz CT molecular complexity index is 659. The second kappa shape index (κ2) is 4.49. The summed E-state index contributed by atoms with van der Waals surface area (Å²) in [6.45, 7) is 0. The molecule has 0 saturated carbocycles. The normalized spacial score (nSPS) is 15.2. The number of nitrogens with one attached hydrogen (secondary N) is 2. The first-order valence-electron chi connectivity index (χ1n) is 5.97. The second-order valence-electron chi connectivity index (χ2n) is 4.32. The van der Waals surface area contributed by atoms with Gasteiger partial charge < -0.3 is 16.4 Å². The maximum Gasteiger partial charge on any atom is 0.257 e. The molecule has 0 bridgehead atoms. The third-order valence-corrected chi connectivity index (χ3v) is 3.00. The number of carbonyl (C=O) groups excluding carboxylic acids is 1. The summed E-state index contributed by atoms with van der Waals surface area (Å²) in [5, 5.41) is 5.93. The molecular weight excluding hydrogens is 238 g/mol. The number of carbonyl (C=O) groups is 1. The molecule has 1 aliphatic heterocycles. The summed E-state index contributed by atoms with van der Waals surface area (Å²) in [5.41, 5.74) is 9.61. The Morgan fingerprint density at radius 1 is 1.05 bits per heavy atom. The number of fused-ring (bicyclic) bond motifs is 1. The van der Waals surface area contributed by atoms with Crippen molar-refractivity contribution in [2.24, 2.45) is 0 Å². The zero-order valence-electron chi connectivity index (χ0n) is 10.2. The summed E-state index contributed by atoms with van der Waals surface area (Å²) < 4.78 is 0. The van der Waals surface area contributed by atoms with E-state index in [-0.39, 0.29) is 5.91 Å². The van der Waals surface area contributed by atoms with Crippen LogP contribution in [0.25, 0.3) is 5.57 Å². The number of anilines is 3. The first-order chi connectivity index (χ1) is 9.24. The third-order valence-electron chi connectivity index (χ3n) is 3.00. The van der Waals surface area contributed by atoms with E-state index in [9.17, 15) is 4.79 Å². The molecular formula is C15H13N3O. The number of hydrogen-bond acceptors (Lipinski definition) is 3. The predicted molar refractivity (Wildman–Crippen MR) is 77.5 cm³/mol. The molecule has 2 aromatic carbocycles. The molecule has 0 atom stereocenters. The molecule has 2 aromatic rings. The van der Waals surface area contributed by atoms with E-state index in [1.165, 1.54) is 0 Å². The molecule has 0 aliphatic carbocycles. The Labute approximate surface area is 110 Å². The highest BCUT2D eigenvalue weighted by molar-refractivity contribution is 6.31. The smallest absolute Gasteiger partial charge is 0.257 e. The van der Waals surface area contributed by atoms with E-state index in [2.05, 4.69) is 10.6 Å². The fraction of sp³-hybridized carbons (Fsp3) is 0. The zero-order chi connectivity index (χ0) is 13.2. The maximum atomic E-state index is 11.9. The van der Waals surface area contributed by atoms with E-state index in [1.54, 1.807) is 6.20 Å². The van der Waals surface area contributed by atoms with Gasteiger partial charge in [0.1, 0.15) is 0 Å². The van der Waals surface area contributed by atoms with Crippen LogP contribution in [0.15, 0.2) is 54.7 Å². The van der Waals surface area contributed by atoms with Crippen molar-refractivity contribution in [2.45, 2.75) is 0 Å². The lowest BCUT2D eigenvalue weighted by atomic mass is 10.1. The molecule has 0 unspecified atom stereocenters. The van der Waals surface area contributed by atoms with E-state index in [1.807, 2.05) is 48.5 Å². The summed E-state index contributed by atoms with van der Waals surface area (Å²) in [6, 6.07) is 15.0. The minimum absolute atomic E-state index is 0.0934. The number of benzene rings is 2. The van der Waals surface area contributed by atoms with Crippen LogP contribution < -0.4 is 16.4 Å². The van der Waals surface area contributed by atoms with E-state index >= 15 is 0 Å². The fourth-order valence-corrected chi connectivity index (χ4v) is 2.02. The third kappa shape index (κ3) is 2.15. The monoisotopic (exact) mass is 251 g/mol. The summed E-state index contributed by atoms with van der Waals surface area (Å²) in [4.78, 5) is 11.9. The van der Waals surface area contributed by atoms with Gasteiger partial charge in [-0.15, -0.1) is 0 Å². The van der Waals surface area contributed by atoms with E-state index in [0.29, 0.717) is 11.3 Å². The van der Waals surface area contributed by atoms with Gasteiger partial charge in [0.15, 0.2) is 0 Å². The molecule has 4 heteroatoms. The lowest BCUT2D eigenvalue weighted by molar-refractivity contribution is -0.110. The number of nitrogen functional groups attached to an aromatic ring is 1. The van der Waals surface area contributed by atoms with Gasteiger partial charge in [-0.05, 0) is 30.3 Å². The molecule has 0 aromatic heterocycles. The average molecular weight is 251 g/mol. The largest absolute Gasteiger partial charge is 0.399 e. The minimum atomic E-state index is -0.0934. The Kier molecular flexibility index (Phi) is 2.68.